The first-order valence-electron chi connectivity index (χ1n) is 10.5. The monoisotopic (exact) mass is 514 g/mol. The number of hydrogen-bond donors (Lipinski definition) is 5. The van der Waals surface area contributed by atoms with Crippen molar-refractivity contribution in [3.05, 3.63) is 69.0 Å². The van der Waals surface area contributed by atoms with E-state index in [9.17, 15) is 4.79 Å². The molecule has 0 saturated carbocycles. The molecule has 0 aliphatic heterocycles. The van der Waals surface area contributed by atoms with Gasteiger partial charge in [0.05, 0.1) is 36.4 Å². The second-order valence-corrected chi connectivity index (χ2v) is 8.11. The number of halogens is 2. The first-order chi connectivity index (χ1) is 16.2. The summed E-state index contributed by atoms with van der Waals surface area (Å²) in [5.74, 6) is -0.139. The fourth-order valence-electron chi connectivity index (χ4n) is 2.47. The topological polar surface area (TPSA) is 138 Å². The Bertz CT molecular complexity index is 941. The van der Waals surface area contributed by atoms with Gasteiger partial charge in [0.15, 0.2) is 5.76 Å². The zero-order valence-corrected chi connectivity index (χ0v) is 21.0. The summed E-state index contributed by atoms with van der Waals surface area (Å²) in [6.07, 6.45) is 1.89. The summed E-state index contributed by atoms with van der Waals surface area (Å²) in [4.78, 5) is 17.2. The SMILES string of the molecule is CC(=CN)C(=NCCOCCOC/C(O)=C/O)C(=O)NC(NCc1ccc(Cl)c(Cl)c1)=C(C)C. The van der Waals surface area contributed by atoms with E-state index >= 15 is 0 Å². The van der Waals surface area contributed by atoms with Crippen molar-refractivity contribution >= 4 is 34.8 Å². The van der Waals surface area contributed by atoms with Crippen LogP contribution in [0.5, 0.6) is 0 Å². The Hall–Kier alpha value is -2.72. The number of nitrogens with one attached hydrogen (secondary N) is 2. The van der Waals surface area contributed by atoms with E-state index in [2.05, 4.69) is 15.6 Å². The van der Waals surface area contributed by atoms with Crippen LogP contribution in [0.25, 0.3) is 0 Å². The minimum Gasteiger partial charge on any atom is -0.512 e. The second kappa shape index (κ2) is 16.0. The predicted octanol–water partition coefficient (Wildman–Crippen LogP) is 3.74. The van der Waals surface area contributed by atoms with Gasteiger partial charge in [-0.2, -0.15) is 0 Å². The molecular weight excluding hydrogens is 483 g/mol. The Morgan fingerprint density at radius 3 is 2.47 bits per heavy atom. The maximum Gasteiger partial charge on any atom is 0.275 e. The number of carbonyl (C=O) groups is 1. The van der Waals surface area contributed by atoms with E-state index in [0.717, 1.165) is 11.1 Å². The molecule has 0 aromatic heterocycles. The van der Waals surface area contributed by atoms with Gasteiger partial charge in [-0.1, -0.05) is 29.3 Å². The molecule has 34 heavy (non-hydrogen) atoms. The summed E-state index contributed by atoms with van der Waals surface area (Å²) in [5, 5.41) is 24.6. The number of aliphatic hydroxyl groups is 2. The van der Waals surface area contributed by atoms with Crippen LogP contribution < -0.4 is 16.4 Å². The summed E-state index contributed by atoms with van der Waals surface area (Å²) in [6, 6.07) is 5.32. The normalized spacial score (nSPS) is 12.4. The molecule has 6 N–H and O–H groups in total. The first kappa shape index (κ1) is 29.3. The highest BCUT2D eigenvalue weighted by Crippen LogP contribution is 2.22. The van der Waals surface area contributed by atoms with Gasteiger partial charge in [-0.15, -0.1) is 0 Å². The lowest BCUT2D eigenvalue weighted by atomic mass is 10.1. The van der Waals surface area contributed by atoms with Crippen molar-refractivity contribution in [3.63, 3.8) is 0 Å². The number of nitrogens with two attached hydrogens (primary N) is 1. The van der Waals surface area contributed by atoms with Crippen molar-refractivity contribution < 1.29 is 24.5 Å². The number of aliphatic imine (C=N–C) groups is 1. The fourth-order valence-corrected chi connectivity index (χ4v) is 2.79. The minimum absolute atomic E-state index is 0.103. The van der Waals surface area contributed by atoms with Crippen molar-refractivity contribution in [2.24, 2.45) is 10.7 Å². The molecule has 0 fully saturated rings. The van der Waals surface area contributed by atoms with Gasteiger partial charge >= 0.3 is 0 Å². The van der Waals surface area contributed by atoms with Crippen LogP contribution in [0.2, 0.25) is 10.0 Å². The van der Waals surface area contributed by atoms with Gasteiger partial charge in [0.25, 0.3) is 5.91 Å². The van der Waals surface area contributed by atoms with E-state index in [1.807, 2.05) is 19.9 Å². The molecule has 1 aromatic carbocycles. The van der Waals surface area contributed by atoms with E-state index in [1.54, 1.807) is 19.1 Å². The third-order valence-electron chi connectivity index (χ3n) is 4.31. The van der Waals surface area contributed by atoms with Crippen LogP contribution in [-0.4, -0.2) is 54.8 Å². The molecule has 11 heteroatoms. The molecule has 0 heterocycles. The molecule has 1 amide bonds. The van der Waals surface area contributed by atoms with Gasteiger partial charge in [-0.3, -0.25) is 9.79 Å². The number of allylic oxidation sites excluding steroid dienone is 1. The summed E-state index contributed by atoms with van der Waals surface area (Å²) in [7, 11) is 0. The molecule has 1 aromatic rings. The van der Waals surface area contributed by atoms with Crippen LogP contribution in [0.1, 0.15) is 26.3 Å². The molecule has 0 bridgehead atoms. The van der Waals surface area contributed by atoms with Gasteiger partial charge < -0.3 is 36.1 Å². The highest BCUT2D eigenvalue weighted by molar-refractivity contribution is 6.45. The number of benzene rings is 1. The van der Waals surface area contributed by atoms with E-state index < -0.39 is 5.91 Å². The lowest BCUT2D eigenvalue weighted by molar-refractivity contribution is -0.114. The van der Waals surface area contributed by atoms with E-state index in [4.69, 9.17) is 48.6 Å². The van der Waals surface area contributed by atoms with E-state index in [0.29, 0.717) is 34.2 Å². The van der Waals surface area contributed by atoms with Crippen molar-refractivity contribution in [2.75, 3.05) is 33.0 Å². The predicted molar refractivity (Wildman–Crippen MR) is 135 cm³/mol. The summed E-state index contributed by atoms with van der Waals surface area (Å²) < 4.78 is 10.5. The lowest BCUT2D eigenvalue weighted by Crippen LogP contribution is -2.37. The quantitative estimate of drug-likeness (QED) is 0.145. The molecule has 0 atom stereocenters. The second-order valence-electron chi connectivity index (χ2n) is 7.30. The molecular formula is C23H32Cl2N4O5. The first-order valence-corrected chi connectivity index (χ1v) is 11.2. The molecule has 0 aliphatic rings. The minimum atomic E-state index is -0.411. The summed E-state index contributed by atoms with van der Waals surface area (Å²) >= 11 is 12.0. The molecule has 0 aliphatic carbocycles. The highest BCUT2D eigenvalue weighted by Gasteiger charge is 2.15. The molecule has 0 radical (unpaired) electrons. The van der Waals surface area contributed by atoms with Crippen LogP contribution in [0.4, 0.5) is 0 Å². The van der Waals surface area contributed by atoms with Gasteiger partial charge in [0, 0.05) is 6.54 Å². The van der Waals surface area contributed by atoms with Gasteiger partial charge in [-0.05, 0) is 55.8 Å². The van der Waals surface area contributed by atoms with Crippen molar-refractivity contribution in [3.8, 4) is 0 Å². The molecule has 0 saturated heterocycles. The van der Waals surface area contributed by atoms with Crippen molar-refractivity contribution in [1.82, 2.24) is 10.6 Å². The van der Waals surface area contributed by atoms with Crippen LogP contribution in [0.15, 0.2) is 58.4 Å². The zero-order chi connectivity index (χ0) is 25.5. The number of rotatable bonds is 14. The number of nitrogens with zero attached hydrogens (tertiary/aromatic N) is 1. The Morgan fingerprint density at radius 2 is 1.85 bits per heavy atom. The lowest BCUT2D eigenvalue weighted by Gasteiger charge is -2.16. The van der Waals surface area contributed by atoms with Gasteiger partial charge in [0.2, 0.25) is 0 Å². The van der Waals surface area contributed by atoms with E-state index in [1.165, 1.54) is 6.20 Å². The fraction of sp³-hybridized carbons (Fsp3) is 0.391. The Labute approximate surface area is 209 Å². The third-order valence-corrected chi connectivity index (χ3v) is 5.05. The Balaban J connectivity index is 2.66. The summed E-state index contributed by atoms with van der Waals surface area (Å²) in [6.45, 7) is 6.73. The number of hydrogen-bond acceptors (Lipinski definition) is 8. The standard InChI is InChI=1S/C23H32Cl2N4O5/c1-15(2)22(28-12-17-4-5-19(24)20(25)10-17)29-23(32)21(16(3)11-26)27-6-7-33-8-9-34-14-18(31)13-30/h4-5,10-11,13,28,30-31H,6-9,12,14,26H2,1-3H3,(H,29,32)/b16-11?,18-13-,27-21?. The number of aliphatic hydroxyl groups excluding tert-OH is 2. The highest BCUT2D eigenvalue weighted by atomic mass is 35.5. The van der Waals surface area contributed by atoms with Crippen LogP contribution >= 0.6 is 23.2 Å². The third kappa shape index (κ3) is 10.9. The number of ether oxygens (including phenoxy) is 2. The Kier molecular flexibility index (Phi) is 13.8. The van der Waals surface area contributed by atoms with Crippen LogP contribution in [0, 0.1) is 0 Å². The van der Waals surface area contributed by atoms with Gasteiger partial charge in [0.1, 0.15) is 24.4 Å². The molecule has 9 nitrogen and oxygen atoms in total. The zero-order valence-electron chi connectivity index (χ0n) is 19.5. The molecule has 1 rings (SSSR count). The van der Waals surface area contributed by atoms with E-state index in [-0.39, 0.29) is 44.4 Å². The number of amides is 1. The van der Waals surface area contributed by atoms with Crippen LogP contribution in [-0.2, 0) is 20.8 Å². The Morgan fingerprint density at radius 1 is 1.15 bits per heavy atom. The van der Waals surface area contributed by atoms with Crippen LogP contribution in [0.3, 0.4) is 0 Å². The van der Waals surface area contributed by atoms with Crippen molar-refractivity contribution in [1.29, 1.82) is 0 Å². The molecule has 0 spiro atoms. The maximum absolute atomic E-state index is 12.9. The maximum atomic E-state index is 12.9. The molecule has 0 unspecified atom stereocenters. The summed E-state index contributed by atoms with van der Waals surface area (Å²) in [5.41, 5.74) is 8.10. The van der Waals surface area contributed by atoms with Gasteiger partial charge in [-0.25, -0.2) is 0 Å². The average Bonchev–Trinajstić information content (AvgIpc) is 2.81. The van der Waals surface area contributed by atoms with Crippen molar-refractivity contribution in [2.45, 2.75) is 27.3 Å². The smallest absolute Gasteiger partial charge is 0.275 e. The molecule has 188 valence electrons. The number of carbonyl (C=O) groups excluding carboxylic acids is 1. The average molecular weight is 515 g/mol. The largest absolute Gasteiger partial charge is 0.512 e.